The van der Waals surface area contributed by atoms with Gasteiger partial charge in [0.2, 0.25) is 0 Å². The predicted molar refractivity (Wildman–Crippen MR) is 118 cm³/mol. The van der Waals surface area contributed by atoms with E-state index in [1.54, 1.807) is 6.07 Å². The number of fused-ring (bicyclic) bond motifs is 1. The van der Waals surface area contributed by atoms with Crippen LogP contribution in [0, 0.1) is 19.3 Å². The summed E-state index contributed by atoms with van der Waals surface area (Å²) in [7, 11) is 0. The number of benzene rings is 1. The van der Waals surface area contributed by atoms with Gasteiger partial charge in [-0.25, -0.2) is 9.18 Å². The Balaban J connectivity index is 2.04. The number of aryl methyl sites for hydroxylation is 1. The largest absolute Gasteiger partial charge is 0.480 e. The van der Waals surface area contributed by atoms with Gasteiger partial charge in [0.05, 0.1) is 11.0 Å². The summed E-state index contributed by atoms with van der Waals surface area (Å²) in [6, 6.07) is 11.3. The predicted octanol–water partition coefficient (Wildman–Crippen LogP) is 4.75. The van der Waals surface area contributed by atoms with Crippen LogP contribution in [0.25, 0.3) is 11.0 Å². The number of aliphatic carboxylic acids is 2. The Morgan fingerprint density at radius 3 is 2.44 bits per heavy atom. The highest BCUT2D eigenvalue weighted by molar-refractivity contribution is 5.96. The first-order chi connectivity index (χ1) is 15.2. The van der Waals surface area contributed by atoms with Crippen LogP contribution in [0.15, 0.2) is 66.1 Å². The fraction of sp³-hybridized carbons (Fsp3) is 0.240. The highest BCUT2D eigenvalue weighted by Gasteiger charge is 2.52. The molecule has 0 saturated heterocycles. The molecule has 2 heterocycles. The minimum atomic E-state index is -2.07. The molecular weight excluding hydrogens is 411 g/mol. The maximum Gasteiger partial charge on any atom is 0.332 e. The van der Waals surface area contributed by atoms with Gasteiger partial charge in [-0.15, -0.1) is 0 Å². The second-order valence-corrected chi connectivity index (χ2v) is 8.26. The Bertz CT molecular complexity index is 1310. The maximum absolute atomic E-state index is 15.0. The van der Waals surface area contributed by atoms with Crippen molar-refractivity contribution >= 4 is 23.0 Å². The highest BCUT2D eigenvalue weighted by Crippen LogP contribution is 2.51. The third-order valence-corrected chi connectivity index (χ3v) is 6.51. The number of hydrogen-bond acceptors (Lipinski definition) is 3. The van der Waals surface area contributed by atoms with Gasteiger partial charge >= 0.3 is 11.9 Å². The zero-order valence-electron chi connectivity index (χ0n) is 18.0. The van der Waals surface area contributed by atoms with Gasteiger partial charge < -0.3 is 14.8 Å². The Labute approximate surface area is 184 Å². The van der Waals surface area contributed by atoms with Crippen molar-refractivity contribution in [2.45, 2.75) is 33.2 Å². The summed E-state index contributed by atoms with van der Waals surface area (Å²) in [6.07, 6.45) is 3.62. The molecule has 4 rings (SSSR count). The maximum atomic E-state index is 15.0. The topological polar surface area (TPSA) is 92.4 Å². The summed E-state index contributed by atoms with van der Waals surface area (Å²) in [5.41, 5.74) is 2.29. The molecule has 164 valence electrons. The lowest BCUT2D eigenvalue weighted by Crippen LogP contribution is -2.39. The van der Waals surface area contributed by atoms with Crippen molar-refractivity contribution in [3.05, 3.63) is 88.5 Å². The van der Waals surface area contributed by atoms with Crippen LogP contribution < -0.4 is 0 Å². The normalized spacial score (nSPS) is 20.7. The quantitative estimate of drug-likeness (QED) is 0.604. The Kier molecular flexibility index (Phi) is 5.20. The minimum Gasteiger partial charge on any atom is -0.480 e. The van der Waals surface area contributed by atoms with E-state index in [-0.39, 0.29) is 5.57 Å². The average Bonchev–Trinajstić information content (AvgIpc) is 3.01. The zero-order valence-corrected chi connectivity index (χ0v) is 18.0. The zero-order chi connectivity index (χ0) is 23.2. The third kappa shape index (κ3) is 3.12. The number of nitrogens with zero attached hydrogens (tertiary/aromatic N) is 2. The summed E-state index contributed by atoms with van der Waals surface area (Å²) in [6.45, 7) is 5.58. The first kappa shape index (κ1) is 21.5. The average molecular weight is 434 g/mol. The van der Waals surface area contributed by atoms with Gasteiger partial charge in [-0.05, 0) is 55.7 Å². The van der Waals surface area contributed by atoms with Crippen LogP contribution in [0.1, 0.15) is 35.2 Å². The van der Waals surface area contributed by atoms with Gasteiger partial charge in [-0.2, -0.15) is 0 Å². The van der Waals surface area contributed by atoms with Gasteiger partial charge in [0.25, 0.3) is 0 Å². The van der Waals surface area contributed by atoms with Crippen molar-refractivity contribution in [3.8, 4) is 0 Å². The number of aromatic nitrogens is 2. The second kappa shape index (κ2) is 7.75. The number of pyridine rings is 1. The molecule has 32 heavy (non-hydrogen) atoms. The van der Waals surface area contributed by atoms with Crippen LogP contribution in [0.2, 0.25) is 0 Å². The number of hydrogen-bond donors (Lipinski definition) is 2. The fourth-order valence-corrected chi connectivity index (χ4v) is 4.55. The van der Waals surface area contributed by atoms with Gasteiger partial charge in [-0.3, -0.25) is 9.78 Å². The van der Waals surface area contributed by atoms with E-state index < -0.39 is 29.1 Å². The molecule has 0 radical (unpaired) electrons. The van der Waals surface area contributed by atoms with E-state index in [1.165, 1.54) is 13.1 Å². The van der Waals surface area contributed by atoms with Crippen molar-refractivity contribution in [1.29, 1.82) is 0 Å². The van der Waals surface area contributed by atoms with E-state index in [2.05, 4.69) is 4.98 Å². The lowest BCUT2D eigenvalue weighted by atomic mass is 9.66. The molecule has 7 heteroatoms. The van der Waals surface area contributed by atoms with Crippen molar-refractivity contribution in [3.63, 3.8) is 0 Å². The summed E-state index contributed by atoms with van der Waals surface area (Å²) in [4.78, 5) is 28.9. The first-order valence-corrected chi connectivity index (χ1v) is 10.2. The van der Waals surface area contributed by atoms with Crippen molar-refractivity contribution in [2.75, 3.05) is 0 Å². The van der Waals surface area contributed by atoms with Crippen LogP contribution in [-0.2, 0) is 16.1 Å². The number of carboxylic acids is 2. The fourth-order valence-electron chi connectivity index (χ4n) is 4.55. The SMILES string of the molecule is Cc1c(C)n(Cc2ccccc2)c2c(C3C(C(=O)O)=CC=C(F)C3(C)C(=O)O)ccnc12. The smallest absolute Gasteiger partial charge is 0.332 e. The third-order valence-electron chi connectivity index (χ3n) is 6.51. The molecule has 0 saturated carbocycles. The highest BCUT2D eigenvalue weighted by atomic mass is 19.1. The molecule has 2 unspecified atom stereocenters. The number of rotatable bonds is 5. The number of halogens is 1. The van der Waals surface area contributed by atoms with Crippen LogP contribution in [0.5, 0.6) is 0 Å². The minimum absolute atomic E-state index is 0.174. The van der Waals surface area contributed by atoms with Crippen molar-refractivity contribution in [1.82, 2.24) is 9.55 Å². The molecule has 3 aromatic rings. The molecule has 0 bridgehead atoms. The molecule has 0 amide bonds. The first-order valence-electron chi connectivity index (χ1n) is 10.2. The van der Waals surface area contributed by atoms with E-state index in [0.29, 0.717) is 23.1 Å². The van der Waals surface area contributed by atoms with Gasteiger partial charge in [0.1, 0.15) is 11.2 Å². The summed E-state index contributed by atoms with van der Waals surface area (Å²) in [5.74, 6) is -4.84. The molecule has 1 aromatic carbocycles. The van der Waals surface area contributed by atoms with Crippen LogP contribution in [0.4, 0.5) is 4.39 Å². The van der Waals surface area contributed by atoms with Gasteiger partial charge in [0.15, 0.2) is 0 Å². The molecule has 6 nitrogen and oxygen atoms in total. The molecular formula is C25H23FN2O4. The molecule has 1 aliphatic rings. The van der Waals surface area contributed by atoms with E-state index in [1.807, 2.05) is 48.7 Å². The molecule has 0 aliphatic heterocycles. The Hall–Kier alpha value is -3.74. The van der Waals surface area contributed by atoms with E-state index in [4.69, 9.17) is 0 Å². The Morgan fingerprint density at radius 1 is 1.12 bits per heavy atom. The van der Waals surface area contributed by atoms with E-state index in [0.717, 1.165) is 29.0 Å². The molecule has 0 fully saturated rings. The summed E-state index contributed by atoms with van der Waals surface area (Å²) >= 11 is 0. The molecule has 2 aromatic heterocycles. The number of carboxylic acid groups (broad SMARTS) is 2. The van der Waals surface area contributed by atoms with Crippen molar-refractivity contribution in [2.24, 2.45) is 5.41 Å². The molecule has 2 atom stereocenters. The summed E-state index contributed by atoms with van der Waals surface area (Å²) in [5, 5.41) is 19.9. The lowest BCUT2D eigenvalue weighted by Gasteiger charge is -2.36. The molecule has 1 aliphatic carbocycles. The standard InChI is InChI=1S/C25H23FN2O4/c1-14-15(2)28(13-16-7-5-4-6-8-16)22-17(11-12-27-21(14)22)20-18(23(29)30)9-10-19(26)25(20,3)24(31)32/h4-12,20H,13H2,1-3H3,(H,29,30)(H,31,32). The van der Waals surface area contributed by atoms with Crippen LogP contribution in [0.3, 0.4) is 0 Å². The molecule has 0 spiro atoms. The van der Waals surface area contributed by atoms with E-state index >= 15 is 4.39 Å². The second-order valence-electron chi connectivity index (χ2n) is 8.26. The van der Waals surface area contributed by atoms with Gasteiger partial charge in [-0.1, -0.05) is 30.3 Å². The summed E-state index contributed by atoms with van der Waals surface area (Å²) < 4.78 is 17.0. The number of carbonyl (C=O) groups is 2. The monoisotopic (exact) mass is 434 g/mol. The van der Waals surface area contributed by atoms with Crippen LogP contribution in [-0.4, -0.2) is 31.7 Å². The van der Waals surface area contributed by atoms with Crippen LogP contribution >= 0.6 is 0 Å². The molecule has 2 N–H and O–H groups in total. The lowest BCUT2D eigenvalue weighted by molar-refractivity contribution is -0.147. The van der Waals surface area contributed by atoms with Crippen molar-refractivity contribution < 1.29 is 24.2 Å². The Morgan fingerprint density at radius 2 is 1.81 bits per heavy atom. The van der Waals surface area contributed by atoms with E-state index in [9.17, 15) is 19.8 Å². The number of allylic oxidation sites excluding steroid dienone is 2. The van der Waals surface area contributed by atoms with Gasteiger partial charge in [0, 0.05) is 29.9 Å².